The topological polar surface area (TPSA) is 66.8 Å². The molecule has 1 aromatic rings. The normalized spacial score (nSPS) is 19.3. The fourth-order valence-electron chi connectivity index (χ4n) is 2.13. The molecule has 1 unspecified atom stereocenters. The lowest BCUT2D eigenvalue weighted by Crippen LogP contribution is -2.34. The minimum atomic E-state index is -0.993. The molecule has 0 radical (unpaired) electrons. The van der Waals surface area contributed by atoms with Gasteiger partial charge in [0.1, 0.15) is 9.83 Å². The van der Waals surface area contributed by atoms with E-state index in [0.717, 1.165) is 23.5 Å². The molecule has 0 aromatic heterocycles. The predicted molar refractivity (Wildman–Crippen MR) is 82.5 cm³/mol. The van der Waals surface area contributed by atoms with Crippen LogP contribution in [0, 0.1) is 0 Å². The molecule has 1 saturated heterocycles. The summed E-state index contributed by atoms with van der Waals surface area (Å²) in [5.41, 5.74) is 1.05. The van der Waals surface area contributed by atoms with Crippen molar-refractivity contribution >= 4 is 29.5 Å². The third-order valence-corrected chi connectivity index (χ3v) is 6.79. The van der Waals surface area contributed by atoms with Gasteiger partial charge in [0, 0.05) is 0 Å². The number of aliphatic hydroxyl groups excluding tert-OH is 1. The first-order chi connectivity index (χ1) is 9.54. The zero-order chi connectivity index (χ0) is 14.6. The fourth-order valence-corrected chi connectivity index (χ4v) is 5.41. The standard InChI is InChI=1S/C14H18O4S2/c1-10(15)14(19-7-2-8-20-14)11-3-5-12(6-4-11)18-9-13(16)17/h3-6,10,15H,2,7-9H2,1H3,(H,16,17). The second-order valence-corrected chi connectivity index (χ2v) is 7.54. The molecule has 2 N–H and O–H groups in total. The summed E-state index contributed by atoms with van der Waals surface area (Å²) in [7, 11) is 0. The summed E-state index contributed by atoms with van der Waals surface area (Å²) in [5, 5.41) is 18.8. The lowest BCUT2D eigenvalue weighted by molar-refractivity contribution is -0.139. The molecule has 0 aliphatic carbocycles. The summed E-state index contributed by atoms with van der Waals surface area (Å²) >= 11 is 3.55. The number of carbonyl (C=O) groups is 1. The summed E-state index contributed by atoms with van der Waals surface area (Å²) in [6.07, 6.45) is 0.701. The van der Waals surface area contributed by atoms with Gasteiger partial charge in [0.15, 0.2) is 6.61 Å². The van der Waals surface area contributed by atoms with Crippen LogP contribution in [-0.4, -0.2) is 40.4 Å². The quantitative estimate of drug-likeness (QED) is 0.870. The maximum Gasteiger partial charge on any atom is 0.341 e. The van der Waals surface area contributed by atoms with Crippen LogP contribution in [0.1, 0.15) is 18.9 Å². The van der Waals surface area contributed by atoms with Gasteiger partial charge in [0.05, 0.1) is 6.10 Å². The Morgan fingerprint density at radius 2 is 1.95 bits per heavy atom. The smallest absolute Gasteiger partial charge is 0.341 e. The van der Waals surface area contributed by atoms with Crippen molar-refractivity contribution in [1.29, 1.82) is 0 Å². The van der Waals surface area contributed by atoms with Crippen LogP contribution in [0.25, 0.3) is 0 Å². The van der Waals surface area contributed by atoms with E-state index in [9.17, 15) is 9.90 Å². The van der Waals surface area contributed by atoms with E-state index in [2.05, 4.69) is 0 Å². The van der Waals surface area contributed by atoms with Crippen LogP contribution in [0.2, 0.25) is 0 Å². The first kappa shape index (κ1) is 15.5. The fraction of sp³-hybridized carbons (Fsp3) is 0.500. The summed E-state index contributed by atoms with van der Waals surface area (Å²) in [4.78, 5) is 10.5. The Labute approximate surface area is 126 Å². The van der Waals surface area contributed by atoms with Gasteiger partial charge in [-0.1, -0.05) is 12.1 Å². The third-order valence-electron chi connectivity index (χ3n) is 3.09. The molecule has 0 bridgehead atoms. The number of aliphatic hydroxyl groups is 1. The highest BCUT2D eigenvalue weighted by atomic mass is 32.2. The highest BCUT2D eigenvalue weighted by molar-refractivity contribution is 8.18. The van der Waals surface area contributed by atoms with E-state index >= 15 is 0 Å². The van der Waals surface area contributed by atoms with Gasteiger partial charge in [-0.15, -0.1) is 23.5 Å². The molecular formula is C14H18O4S2. The lowest BCUT2D eigenvalue weighted by Gasteiger charge is -2.39. The van der Waals surface area contributed by atoms with Gasteiger partial charge in [-0.2, -0.15) is 0 Å². The van der Waals surface area contributed by atoms with Gasteiger partial charge < -0.3 is 14.9 Å². The van der Waals surface area contributed by atoms with Crippen molar-refractivity contribution in [3.8, 4) is 5.75 Å². The van der Waals surface area contributed by atoms with E-state index in [0.29, 0.717) is 5.75 Å². The van der Waals surface area contributed by atoms with Crippen molar-refractivity contribution in [2.45, 2.75) is 23.5 Å². The van der Waals surface area contributed by atoms with Crippen molar-refractivity contribution in [3.63, 3.8) is 0 Å². The van der Waals surface area contributed by atoms with Crippen LogP contribution in [0.5, 0.6) is 5.75 Å². The molecular weight excluding hydrogens is 296 g/mol. The van der Waals surface area contributed by atoms with Gasteiger partial charge in [0.2, 0.25) is 0 Å². The predicted octanol–water partition coefficient (Wildman–Crippen LogP) is 2.55. The van der Waals surface area contributed by atoms with E-state index in [1.165, 1.54) is 0 Å². The Hall–Kier alpha value is -0.850. The minimum absolute atomic E-state index is 0.330. The van der Waals surface area contributed by atoms with Crippen LogP contribution in [0.3, 0.4) is 0 Å². The molecule has 0 amide bonds. The van der Waals surface area contributed by atoms with E-state index in [-0.39, 0.29) is 10.7 Å². The van der Waals surface area contributed by atoms with Crippen molar-refractivity contribution in [2.24, 2.45) is 0 Å². The number of ether oxygens (including phenoxy) is 1. The Bertz CT molecular complexity index is 453. The van der Waals surface area contributed by atoms with Crippen molar-refractivity contribution in [1.82, 2.24) is 0 Å². The molecule has 1 fully saturated rings. The summed E-state index contributed by atoms with van der Waals surface area (Å²) in [6.45, 7) is 1.48. The monoisotopic (exact) mass is 314 g/mol. The minimum Gasteiger partial charge on any atom is -0.482 e. The molecule has 1 aliphatic heterocycles. The first-order valence-electron chi connectivity index (χ1n) is 6.46. The molecule has 110 valence electrons. The second kappa shape index (κ2) is 6.74. The number of carboxylic acid groups (broad SMARTS) is 1. The summed E-state index contributed by atoms with van der Waals surface area (Å²) < 4.78 is 4.80. The van der Waals surface area contributed by atoms with Crippen LogP contribution in [-0.2, 0) is 8.87 Å². The van der Waals surface area contributed by atoms with Gasteiger partial charge in [-0.05, 0) is 42.5 Å². The van der Waals surface area contributed by atoms with Crippen LogP contribution in [0.4, 0.5) is 0 Å². The van der Waals surface area contributed by atoms with Crippen molar-refractivity contribution in [2.75, 3.05) is 18.1 Å². The average molecular weight is 314 g/mol. The molecule has 1 atom stereocenters. The van der Waals surface area contributed by atoms with E-state index in [1.807, 2.05) is 19.1 Å². The highest BCUT2D eigenvalue weighted by Gasteiger charge is 2.40. The average Bonchev–Trinajstić information content (AvgIpc) is 2.46. The number of benzene rings is 1. The number of rotatable bonds is 5. The molecule has 1 heterocycles. The Morgan fingerprint density at radius 1 is 1.35 bits per heavy atom. The zero-order valence-electron chi connectivity index (χ0n) is 11.2. The molecule has 0 spiro atoms. The maximum absolute atomic E-state index is 10.5. The number of hydrogen-bond acceptors (Lipinski definition) is 5. The molecule has 0 saturated carbocycles. The third kappa shape index (κ3) is 3.42. The number of hydrogen-bond donors (Lipinski definition) is 2. The van der Waals surface area contributed by atoms with Gasteiger partial charge in [-0.3, -0.25) is 0 Å². The zero-order valence-corrected chi connectivity index (χ0v) is 12.9. The number of aliphatic carboxylic acids is 1. The highest BCUT2D eigenvalue weighted by Crippen LogP contribution is 2.52. The number of carboxylic acids is 1. The van der Waals surface area contributed by atoms with Crippen LogP contribution < -0.4 is 4.74 Å². The van der Waals surface area contributed by atoms with E-state index in [1.54, 1.807) is 35.7 Å². The second-order valence-electron chi connectivity index (χ2n) is 4.60. The molecule has 20 heavy (non-hydrogen) atoms. The SMILES string of the molecule is CC(O)C1(c2ccc(OCC(=O)O)cc2)SCCCS1. The summed E-state index contributed by atoms with van der Waals surface area (Å²) in [6, 6.07) is 7.35. The largest absolute Gasteiger partial charge is 0.482 e. The Kier molecular flexibility index (Phi) is 5.23. The molecule has 2 rings (SSSR count). The molecule has 4 nitrogen and oxygen atoms in total. The van der Waals surface area contributed by atoms with Crippen molar-refractivity contribution < 1.29 is 19.7 Å². The molecule has 1 aliphatic rings. The molecule has 1 aromatic carbocycles. The maximum atomic E-state index is 10.5. The first-order valence-corrected chi connectivity index (χ1v) is 8.43. The van der Waals surface area contributed by atoms with E-state index in [4.69, 9.17) is 9.84 Å². The van der Waals surface area contributed by atoms with Crippen molar-refractivity contribution in [3.05, 3.63) is 29.8 Å². The summed E-state index contributed by atoms with van der Waals surface area (Å²) in [5.74, 6) is 1.61. The van der Waals surface area contributed by atoms with Gasteiger partial charge in [-0.25, -0.2) is 4.79 Å². The number of thioether (sulfide) groups is 2. The van der Waals surface area contributed by atoms with Gasteiger partial charge >= 0.3 is 5.97 Å². The molecule has 6 heteroatoms. The van der Waals surface area contributed by atoms with Gasteiger partial charge in [0.25, 0.3) is 0 Å². The Balaban J connectivity index is 2.16. The lowest BCUT2D eigenvalue weighted by atomic mass is 10.1. The Morgan fingerprint density at radius 3 is 2.45 bits per heavy atom. The van der Waals surface area contributed by atoms with Crippen LogP contribution >= 0.6 is 23.5 Å². The van der Waals surface area contributed by atoms with E-state index < -0.39 is 12.1 Å². The van der Waals surface area contributed by atoms with Crippen LogP contribution in [0.15, 0.2) is 24.3 Å².